The third kappa shape index (κ3) is 3.68. The van der Waals surface area contributed by atoms with Crippen molar-refractivity contribution in [1.29, 1.82) is 0 Å². The van der Waals surface area contributed by atoms with E-state index in [1.807, 2.05) is 16.8 Å². The maximum Gasteiger partial charge on any atom is 0.337 e. The van der Waals surface area contributed by atoms with Gasteiger partial charge in [-0.3, -0.25) is 4.79 Å². The van der Waals surface area contributed by atoms with E-state index in [1.54, 1.807) is 6.07 Å². The molecule has 104 valence electrons. The molecule has 2 aromatic rings. The zero-order chi connectivity index (χ0) is 14.7. The Morgan fingerprint density at radius 2 is 2.05 bits per heavy atom. The lowest BCUT2D eigenvalue weighted by Crippen LogP contribution is -2.17. The molecule has 0 aliphatic rings. The van der Waals surface area contributed by atoms with Crippen molar-refractivity contribution in [2.24, 2.45) is 0 Å². The molecule has 1 aromatic heterocycles. The minimum absolute atomic E-state index is 0.0323. The average molecular weight is 419 g/mol. The molecule has 0 saturated carbocycles. The van der Waals surface area contributed by atoms with Crippen LogP contribution in [0.1, 0.15) is 15.9 Å². The third-order valence-electron chi connectivity index (χ3n) is 2.49. The van der Waals surface area contributed by atoms with Gasteiger partial charge in [0.1, 0.15) is 0 Å². The number of nitrogens with one attached hydrogen (secondary N) is 1. The summed E-state index contributed by atoms with van der Waals surface area (Å²) in [4.78, 5) is 23.2. The van der Waals surface area contributed by atoms with E-state index in [1.165, 1.54) is 17.4 Å². The second kappa shape index (κ2) is 6.51. The van der Waals surface area contributed by atoms with E-state index in [4.69, 9.17) is 0 Å². The van der Waals surface area contributed by atoms with Gasteiger partial charge in [0.2, 0.25) is 5.91 Å². The number of amides is 1. The first-order valence-corrected chi connectivity index (χ1v) is 8.03. The first-order chi connectivity index (χ1) is 9.47. The lowest BCUT2D eigenvalue weighted by Gasteiger charge is -2.11. The number of hydrogen-bond donors (Lipinski definition) is 2. The van der Waals surface area contributed by atoms with E-state index in [-0.39, 0.29) is 23.6 Å². The molecular formula is C13H9Br2NO3S. The Bertz CT molecular complexity index is 656. The Balaban J connectivity index is 2.24. The van der Waals surface area contributed by atoms with Gasteiger partial charge in [-0.15, -0.1) is 0 Å². The van der Waals surface area contributed by atoms with E-state index < -0.39 is 5.97 Å². The first-order valence-electron chi connectivity index (χ1n) is 5.50. The van der Waals surface area contributed by atoms with E-state index in [2.05, 4.69) is 37.2 Å². The van der Waals surface area contributed by atoms with Crippen LogP contribution in [0.5, 0.6) is 0 Å². The summed E-state index contributed by atoms with van der Waals surface area (Å²) in [5.74, 6) is -1.35. The van der Waals surface area contributed by atoms with Crippen molar-refractivity contribution in [3.8, 4) is 0 Å². The van der Waals surface area contributed by atoms with Crippen molar-refractivity contribution >= 4 is 60.8 Å². The van der Waals surface area contributed by atoms with Gasteiger partial charge in [0.05, 0.1) is 17.7 Å². The number of hydrogen-bond acceptors (Lipinski definition) is 3. The van der Waals surface area contributed by atoms with Gasteiger partial charge in [-0.05, 0) is 50.5 Å². The monoisotopic (exact) mass is 417 g/mol. The van der Waals surface area contributed by atoms with E-state index in [0.717, 1.165) is 5.56 Å². The summed E-state index contributed by atoms with van der Waals surface area (Å²) >= 11 is 8.00. The molecule has 2 rings (SSSR count). The van der Waals surface area contributed by atoms with Crippen molar-refractivity contribution < 1.29 is 14.7 Å². The van der Waals surface area contributed by atoms with Gasteiger partial charge in [0.25, 0.3) is 0 Å². The van der Waals surface area contributed by atoms with E-state index >= 15 is 0 Å². The van der Waals surface area contributed by atoms with Crippen LogP contribution in [0.15, 0.2) is 37.9 Å². The number of aromatic carboxylic acids is 1. The molecular weight excluding hydrogens is 410 g/mol. The number of anilines is 1. The molecule has 0 saturated heterocycles. The number of benzene rings is 1. The van der Waals surface area contributed by atoms with Crippen molar-refractivity contribution in [3.05, 3.63) is 49.0 Å². The Labute approximate surface area is 136 Å². The summed E-state index contributed by atoms with van der Waals surface area (Å²) in [6.07, 6.45) is 0.213. The smallest absolute Gasteiger partial charge is 0.337 e. The van der Waals surface area contributed by atoms with Crippen LogP contribution in [0.4, 0.5) is 5.69 Å². The zero-order valence-corrected chi connectivity index (χ0v) is 14.0. The van der Waals surface area contributed by atoms with Crippen LogP contribution < -0.4 is 5.32 Å². The van der Waals surface area contributed by atoms with Crippen LogP contribution in [-0.4, -0.2) is 17.0 Å². The molecule has 0 spiro atoms. The van der Waals surface area contributed by atoms with E-state index in [9.17, 15) is 14.7 Å². The Morgan fingerprint density at radius 1 is 1.30 bits per heavy atom. The molecule has 1 heterocycles. The lowest BCUT2D eigenvalue weighted by atomic mass is 10.1. The van der Waals surface area contributed by atoms with Crippen LogP contribution in [0.2, 0.25) is 0 Å². The minimum atomic E-state index is -1.10. The fourth-order valence-electron chi connectivity index (χ4n) is 1.63. The Hall–Kier alpha value is -1.18. The fourth-order valence-corrected chi connectivity index (χ4v) is 3.62. The van der Waals surface area contributed by atoms with Gasteiger partial charge in [0.15, 0.2) is 0 Å². The van der Waals surface area contributed by atoms with Crippen LogP contribution in [-0.2, 0) is 11.2 Å². The van der Waals surface area contributed by atoms with Gasteiger partial charge in [0, 0.05) is 8.95 Å². The Kier molecular flexibility index (Phi) is 4.95. The number of carbonyl (C=O) groups is 2. The Morgan fingerprint density at radius 3 is 2.65 bits per heavy atom. The maximum atomic E-state index is 12.0. The third-order valence-corrected chi connectivity index (χ3v) is 4.31. The summed E-state index contributed by atoms with van der Waals surface area (Å²) in [6, 6.07) is 5.00. The largest absolute Gasteiger partial charge is 0.478 e. The van der Waals surface area contributed by atoms with Gasteiger partial charge in [-0.2, -0.15) is 11.3 Å². The summed E-state index contributed by atoms with van der Waals surface area (Å²) in [5.41, 5.74) is 1.20. The topological polar surface area (TPSA) is 66.4 Å². The summed E-state index contributed by atoms with van der Waals surface area (Å²) < 4.78 is 1.14. The highest BCUT2D eigenvalue weighted by Gasteiger charge is 2.17. The molecule has 0 bridgehead atoms. The molecule has 0 aliphatic heterocycles. The molecule has 20 heavy (non-hydrogen) atoms. The highest BCUT2D eigenvalue weighted by atomic mass is 79.9. The van der Waals surface area contributed by atoms with Crippen molar-refractivity contribution in [2.45, 2.75) is 6.42 Å². The first kappa shape index (κ1) is 15.2. The fraction of sp³-hybridized carbons (Fsp3) is 0.0769. The van der Waals surface area contributed by atoms with Gasteiger partial charge in [-0.25, -0.2) is 4.79 Å². The molecule has 7 heteroatoms. The molecule has 1 amide bonds. The number of carboxylic acids is 1. The second-order valence-electron chi connectivity index (χ2n) is 3.97. The minimum Gasteiger partial charge on any atom is -0.478 e. The van der Waals surface area contributed by atoms with Gasteiger partial charge >= 0.3 is 5.97 Å². The maximum absolute atomic E-state index is 12.0. The molecule has 0 fully saturated rings. The predicted octanol–water partition coefficient (Wildman–Crippen LogP) is 4.15. The molecule has 0 unspecified atom stereocenters. The average Bonchev–Trinajstić information content (AvgIpc) is 2.84. The molecule has 0 radical (unpaired) electrons. The van der Waals surface area contributed by atoms with Crippen molar-refractivity contribution in [2.75, 3.05) is 5.32 Å². The van der Waals surface area contributed by atoms with E-state index in [0.29, 0.717) is 8.95 Å². The summed E-state index contributed by atoms with van der Waals surface area (Å²) in [5, 5.41) is 15.6. The molecule has 4 nitrogen and oxygen atoms in total. The summed E-state index contributed by atoms with van der Waals surface area (Å²) in [6.45, 7) is 0. The van der Waals surface area contributed by atoms with Crippen molar-refractivity contribution in [1.82, 2.24) is 0 Å². The molecule has 0 aliphatic carbocycles. The second-order valence-corrected chi connectivity index (χ2v) is 6.52. The molecule has 2 N–H and O–H groups in total. The highest BCUT2D eigenvalue weighted by molar-refractivity contribution is 9.11. The summed E-state index contributed by atoms with van der Waals surface area (Å²) in [7, 11) is 0. The van der Waals surface area contributed by atoms with Gasteiger partial charge < -0.3 is 10.4 Å². The number of rotatable bonds is 4. The number of thiophene rings is 1. The van der Waals surface area contributed by atoms with Crippen LogP contribution >= 0.6 is 43.2 Å². The van der Waals surface area contributed by atoms with Crippen LogP contribution in [0.3, 0.4) is 0 Å². The van der Waals surface area contributed by atoms with Crippen molar-refractivity contribution in [3.63, 3.8) is 0 Å². The molecule has 1 aromatic carbocycles. The highest BCUT2D eigenvalue weighted by Crippen LogP contribution is 2.31. The zero-order valence-electron chi connectivity index (χ0n) is 10.0. The predicted molar refractivity (Wildman–Crippen MR) is 85.5 cm³/mol. The lowest BCUT2D eigenvalue weighted by molar-refractivity contribution is -0.115. The molecule has 0 atom stereocenters. The van der Waals surface area contributed by atoms with Gasteiger partial charge in [-0.1, -0.05) is 15.9 Å². The number of carbonyl (C=O) groups excluding carboxylic acids is 1. The standard InChI is InChI=1S/C13H9Br2NO3S/c14-8-4-9(13(18)19)12(10(15)5-8)16-11(17)3-7-1-2-20-6-7/h1-2,4-6H,3H2,(H,16,17)(H,18,19). The van der Waals surface area contributed by atoms with Crippen LogP contribution in [0.25, 0.3) is 0 Å². The SMILES string of the molecule is O=C(Cc1ccsc1)Nc1c(Br)cc(Br)cc1C(=O)O. The normalized spacial score (nSPS) is 10.3. The number of halogens is 2. The van der Waals surface area contributed by atoms with Crippen LogP contribution in [0, 0.1) is 0 Å². The quantitative estimate of drug-likeness (QED) is 0.783. The number of carboxylic acid groups (broad SMARTS) is 1.